The zero-order chi connectivity index (χ0) is 14.9. The minimum atomic E-state index is -0.473. The van der Waals surface area contributed by atoms with Gasteiger partial charge in [0.25, 0.3) is 5.91 Å². The molecule has 1 saturated carbocycles. The minimum absolute atomic E-state index is 0.138. The average Bonchev–Trinajstić information content (AvgIpc) is 3.20. The second-order valence-electron chi connectivity index (χ2n) is 5.49. The van der Waals surface area contributed by atoms with Gasteiger partial charge in [-0.05, 0) is 31.2 Å². The van der Waals surface area contributed by atoms with E-state index >= 15 is 0 Å². The molecular weight excluding hydrogens is 288 g/mol. The smallest absolute Gasteiger partial charge is 0.261 e. The first-order valence-electron chi connectivity index (χ1n) is 7.06. The Kier molecular flexibility index (Phi) is 3.77. The van der Waals surface area contributed by atoms with Crippen LogP contribution in [0.5, 0.6) is 0 Å². The van der Waals surface area contributed by atoms with Gasteiger partial charge in [0.05, 0.1) is 10.4 Å². The third-order valence-electron chi connectivity index (χ3n) is 3.85. The van der Waals surface area contributed by atoms with Gasteiger partial charge in [-0.3, -0.25) is 4.79 Å². The molecule has 7 heteroatoms. The number of amides is 1. The van der Waals surface area contributed by atoms with Gasteiger partial charge in [0.15, 0.2) is 5.82 Å². The second kappa shape index (κ2) is 5.57. The van der Waals surface area contributed by atoms with Crippen LogP contribution in [-0.4, -0.2) is 16.0 Å². The SMILES string of the molecule is CC(NC(=O)c1cccs1)c1nc(C2(N)CCCC2)no1. The molecule has 2 aromatic heterocycles. The van der Waals surface area contributed by atoms with Crippen LogP contribution >= 0.6 is 11.3 Å². The Morgan fingerprint density at radius 1 is 1.52 bits per heavy atom. The Morgan fingerprint density at radius 2 is 2.29 bits per heavy atom. The minimum Gasteiger partial charge on any atom is -0.340 e. The predicted octanol–water partition coefficient (Wildman–Crippen LogP) is 2.35. The highest BCUT2D eigenvalue weighted by molar-refractivity contribution is 7.12. The lowest BCUT2D eigenvalue weighted by Crippen LogP contribution is -2.34. The van der Waals surface area contributed by atoms with Crippen LogP contribution in [0.2, 0.25) is 0 Å². The van der Waals surface area contributed by atoms with Crippen LogP contribution in [0.4, 0.5) is 0 Å². The van der Waals surface area contributed by atoms with Gasteiger partial charge in [-0.15, -0.1) is 11.3 Å². The number of aromatic nitrogens is 2. The van der Waals surface area contributed by atoms with Gasteiger partial charge in [-0.25, -0.2) is 0 Å². The summed E-state index contributed by atoms with van der Waals surface area (Å²) in [4.78, 5) is 17.0. The molecular formula is C14H18N4O2S. The number of nitrogens with one attached hydrogen (secondary N) is 1. The van der Waals surface area contributed by atoms with Gasteiger partial charge >= 0.3 is 0 Å². The van der Waals surface area contributed by atoms with Crippen LogP contribution in [0, 0.1) is 0 Å². The van der Waals surface area contributed by atoms with Crippen LogP contribution in [0.15, 0.2) is 22.0 Å². The molecule has 2 aromatic rings. The molecule has 3 N–H and O–H groups in total. The maximum Gasteiger partial charge on any atom is 0.261 e. The molecule has 2 heterocycles. The molecule has 0 saturated heterocycles. The van der Waals surface area contributed by atoms with Crippen LogP contribution in [0.3, 0.4) is 0 Å². The summed E-state index contributed by atoms with van der Waals surface area (Å²) in [5.74, 6) is 0.805. The third-order valence-corrected chi connectivity index (χ3v) is 4.71. The number of hydrogen-bond acceptors (Lipinski definition) is 6. The van der Waals surface area contributed by atoms with Crippen molar-refractivity contribution in [3.63, 3.8) is 0 Å². The maximum atomic E-state index is 12.0. The van der Waals surface area contributed by atoms with Crippen molar-refractivity contribution in [1.29, 1.82) is 0 Å². The molecule has 1 fully saturated rings. The van der Waals surface area contributed by atoms with Crippen molar-refractivity contribution >= 4 is 17.2 Å². The number of carbonyl (C=O) groups is 1. The molecule has 0 radical (unpaired) electrons. The quantitative estimate of drug-likeness (QED) is 0.904. The number of thiophene rings is 1. The van der Waals surface area contributed by atoms with Crippen molar-refractivity contribution in [2.75, 3.05) is 0 Å². The van der Waals surface area contributed by atoms with Crippen LogP contribution in [0.25, 0.3) is 0 Å². The summed E-state index contributed by atoms with van der Waals surface area (Å²) in [5.41, 5.74) is 5.83. The van der Waals surface area contributed by atoms with E-state index in [-0.39, 0.29) is 11.9 Å². The van der Waals surface area contributed by atoms with E-state index in [1.807, 2.05) is 18.4 Å². The lowest BCUT2D eigenvalue weighted by Gasteiger charge is -2.17. The van der Waals surface area contributed by atoms with Gasteiger partial charge in [-0.2, -0.15) is 4.98 Å². The molecule has 0 aliphatic heterocycles. The molecule has 1 unspecified atom stereocenters. The highest BCUT2D eigenvalue weighted by Gasteiger charge is 2.36. The lowest BCUT2D eigenvalue weighted by molar-refractivity contribution is 0.0936. The van der Waals surface area contributed by atoms with Crippen molar-refractivity contribution in [3.05, 3.63) is 34.1 Å². The van der Waals surface area contributed by atoms with Gasteiger partial charge in [0, 0.05) is 0 Å². The van der Waals surface area contributed by atoms with E-state index in [2.05, 4.69) is 15.5 Å². The summed E-state index contributed by atoms with van der Waals surface area (Å²) in [6.45, 7) is 1.82. The molecule has 0 spiro atoms. The Morgan fingerprint density at radius 3 is 2.95 bits per heavy atom. The van der Waals surface area contributed by atoms with Gasteiger partial charge in [0.2, 0.25) is 5.89 Å². The lowest BCUT2D eigenvalue weighted by atomic mass is 9.99. The first-order chi connectivity index (χ1) is 10.1. The number of nitrogens with two attached hydrogens (primary N) is 1. The van der Waals surface area contributed by atoms with E-state index in [0.717, 1.165) is 25.7 Å². The maximum absolute atomic E-state index is 12.0. The summed E-state index contributed by atoms with van der Waals surface area (Å²) < 4.78 is 5.27. The molecule has 3 rings (SSSR count). The molecule has 112 valence electrons. The van der Waals surface area contributed by atoms with Crippen LogP contribution in [-0.2, 0) is 5.54 Å². The van der Waals surface area contributed by atoms with Gasteiger partial charge in [0.1, 0.15) is 6.04 Å². The standard InChI is InChI=1S/C14H18N4O2S/c1-9(16-11(19)10-5-4-8-21-10)12-17-13(18-20-12)14(15)6-2-3-7-14/h4-5,8-9H,2-3,6-7,15H2,1H3,(H,16,19). The summed E-state index contributed by atoms with van der Waals surface area (Å²) in [6, 6.07) is 3.28. The second-order valence-corrected chi connectivity index (χ2v) is 6.44. The number of hydrogen-bond donors (Lipinski definition) is 2. The highest BCUT2D eigenvalue weighted by Crippen LogP contribution is 2.34. The molecule has 1 aliphatic carbocycles. The van der Waals surface area contributed by atoms with E-state index in [1.165, 1.54) is 11.3 Å². The highest BCUT2D eigenvalue weighted by atomic mass is 32.1. The summed E-state index contributed by atoms with van der Waals surface area (Å²) in [7, 11) is 0. The van der Waals surface area contributed by atoms with E-state index in [9.17, 15) is 4.79 Å². The van der Waals surface area contributed by atoms with E-state index in [0.29, 0.717) is 16.6 Å². The van der Waals surface area contributed by atoms with Crippen molar-refractivity contribution in [2.45, 2.75) is 44.2 Å². The number of rotatable bonds is 4. The molecule has 0 bridgehead atoms. The van der Waals surface area contributed by atoms with E-state index in [4.69, 9.17) is 10.3 Å². The first kappa shape index (κ1) is 14.2. The predicted molar refractivity (Wildman–Crippen MR) is 78.8 cm³/mol. The fourth-order valence-corrected chi connectivity index (χ4v) is 3.21. The molecule has 1 aliphatic rings. The van der Waals surface area contributed by atoms with Gasteiger partial charge in [-0.1, -0.05) is 24.1 Å². The fraction of sp³-hybridized carbons (Fsp3) is 0.500. The van der Waals surface area contributed by atoms with Crippen LogP contribution in [0.1, 0.15) is 60.0 Å². The Labute approximate surface area is 126 Å². The molecule has 1 amide bonds. The molecule has 0 aromatic carbocycles. The van der Waals surface area contributed by atoms with Gasteiger partial charge < -0.3 is 15.6 Å². The molecule has 1 atom stereocenters. The largest absolute Gasteiger partial charge is 0.340 e. The van der Waals surface area contributed by atoms with Crippen molar-refractivity contribution in [1.82, 2.24) is 15.5 Å². The fourth-order valence-electron chi connectivity index (χ4n) is 2.58. The van der Waals surface area contributed by atoms with E-state index in [1.54, 1.807) is 6.07 Å². The Bertz CT molecular complexity index is 617. The zero-order valence-electron chi connectivity index (χ0n) is 11.8. The Hall–Kier alpha value is -1.73. The van der Waals surface area contributed by atoms with Crippen molar-refractivity contribution in [3.8, 4) is 0 Å². The number of carbonyl (C=O) groups excluding carboxylic acids is 1. The monoisotopic (exact) mass is 306 g/mol. The van der Waals surface area contributed by atoms with Crippen molar-refractivity contribution in [2.24, 2.45) is 5.73 Å². The topological polar surface area (TPSA) is 94.0 Å². The molecule has 21 heavy (non-hydrogen) atoms. The Balaban J connectivity index is 1.69. The normalized spacial score (nSPS) is 18.6. The third kappa shape index (κ3) is 2.84. The summed E-state index contributed by atoms with van der Waals surface area (Å²) in [5, 5.41) is 8.71. The summed E-state index contributed by atoms with van der Waals surface area (Å²) in [6.07, 6.45) is 3.93. The van der Waals surface area contributed by atoms with Crippen molar-refractivity contribution < 1.29 is 9.32 Å². The number of nitrogens with zero attached hydrogens (tertiary/aromatic N) is 2. The average molecular weight is 306 g/mol. The molecule has 6 nitrogen and oxygen atoms in total. The summed E-state index contributed by atoms with van der Waals surface area (Å²) >= 11 is 1.39. The zero-order valence-corrected chi connectivity index (χ0v) is 12.7. The van der Waals surface area contributed by atoms with Crippen LogP contribution < -0.4 is 11.1 Å². The first-order valence-corrected chi connectivity index (χ1v) is 7.94. The van der Waals surface area contributed by atoms with E-state index < -0.39 is 5.54 Å².